The Kier molecular flexibility index (Phi) is 5.64. The molecule has 2 N–H and O–H groups in total. The van der Waals surface area contributed by atoms with Crippen molar-refractivity contribution in [2.24, 2.45) is 0 Å². The van der Waals surface area contributed by atoms with Crippen molar-refractivity contribution < 1.29 is 9.59 Å². The summed E-state index contributed by atoms with van der Waals surface area (Å²) in [7, 11) is 0. The first-order valence-corrected chi connectivity index (χ1v) is 8.43. The van der Waals surface area contributed by atoms with Crippen molar-refractivity contribution >= 4 is 23.2 Å². The van der Waals surface area contributed by atoms with Crippen LogP contribution in [0, 0.1) is 13.8 Å². The third kappa shape index (κ3) is 3.84. The van der Waals surface area contributed by atoms with Crippen LogP contribution in [-0.4, -0.2) is 30.9 Å². The maximum Gasteiger partial charge on any atom is 0.250 e. The van der Waals surface area contributed by atoms with Crippen LogP contribution in [0.25, 0.3) is 0 Å². The molecule has 0 aliphatic carbocycles. The highest BCUT2D eigenvalue weighted by molar-refractivity contribution is 6.08. The number of hydrogen-bond donors (Lipinski definition) is 2. The smallest absolute Gasteiger partial charge is 0.250 e. The van der Waals surface area contributed by atoms with E-state index in [1.807, 2.05) is 19.9 Å². The average Bonchev–Trinajstić information content (AvgIpc) is 2.52. The summed E-state index contributed by atoms with van der Waals surface area (Å²) in [5, 5.41) is 6.18. The molecule has 1 aliphatic heterocycles. The zero-order chi connectivity index (χ0) is 17.0. The van der Waals surface area contributed by atoms with Crippen LogP contribution in [0.2, 0.25) is 0 Å². The maximum atomic E-state index is 12.7. The number of carbonyl (C=O) groups is 2. The van der Waals surface area contributed by atoms with Crippen molar-refractivity contribution in [1.29, 1.82) is 0 Å². The van der Waals surface area contributed by atoms with Crippen LogP contribution in [0.4, 0.5) is 11.4 Å². The topological polar surface area (TPSA) is 61.4 Å². The fraction of sp³-hybridized carbons (Fsp3) is 0.556. The molecule has 5 heteroatoms. The monoisotopic (exact) mass is 317 g/mol. The SMILES string of the molecule is CCCCNC(=O)CN1C(=O)C(CC)Nc2cc(C)c(C)cc21. The van der Waals surface area contributed by atoms with Gasteiger partial charge in [0.15, 0.2) is 0 Å². The van der Waals surface area contributed by atoms with Gasteiger partial charge in [0.05, 0.1) is 11.4 Å². The molecule has 2 rings (SSSR count). The Morgan fingerprint density at radius 2 is 1.96 bits per heavy atom. The molecular weight excluding hydrogens is 290 g/mol. The number of carbonyl (C=O) groups excluding carboxylic acids is 2. The molecule has 1 unspecified atom stereocenters. The van der Waals surface area contributed by atoms with Crippen molar-refractivity contribution in [3.63, 3.8) is 0 Å². The quantitative estimate of drug-likeness (QED) is 0.793. The van der Waals surface area contributed by atoms with Crippen LogP contribution in [0.1, 0.15) is 44.2 Å². The van der Waals surface area contributed by atoms with Gasteiger partial charge in [-0.2, -0.15) is 0 Å². The highest BCUT2D eigenvalue weighted by Crippen LogP contribution is 2.34. The summed E-state index contributed by atoms with van der Waals surface area (Å²) >= 11 is 0. The molecule has 1 aromatic rings. The van der Waals surface area contributed by atoms with Crippen LogP contribution in [-0.2, 0) is 9.59 Å². The number of benzene rings is 1. The number of hydrogen-bond acceptors (Lipinski definition) is 3. The molecule has 0 fully saturated rings. The van der Waals surface area contributed by atoms with Crippen LogP contribution in [0.15, 0.2) is 12.1 Å². The van der Waals surface area contributed by atoms with Crippen molar-refractivity contribution in [2.75, 3.05) is 23.3 Å². The van der Waals surface area contributed by atoms with Crippen LogP contribution in [0.3, 0.4) is 0 Å². The van der Waals surface area contributed by atoms with Gasteiger partial charge in [0, 0.05) is 6.54 Å². The summed E-state index contributed by atoms with van der Waals surface area (Å²) in [5.74, 6) is -0.137. The molecule has 1 aromatic carbocycles. The molecule has 0 spiro atoms. The fourth-order valence-corrected chi connectivity index (χ4v) is 2.74. The van der Waals surface area contributed by atoms with Crippen molar-refractivity contribution in [3.05, 3.63) is 23.3 Å². The second-order valence-electron chi connectivity index (χ2n) is 6.19. The lowest BCUT2D eigenvalue weighted by Gasteiger charge is -2.35. The Bertz CT molecular complexity index is 598. The number of rotatable bonds is 6. The molecule has 5 nitrogen and oxygen atoms in total. The van der Waals surface area contributed by atoms with Gasteiger partial charge < -0.3 is 10.6 Å². The predicted molar refractivity (Wildman–Crippen MR) is 93.9 cm³/mol. The van der Waals surface area contributed by atoms with Crippen LogP contribution in [0.5, 0.6) is 0 Å². The van der Waals surface area contributed by atoms with Crippen molar-refractivity contribution in [3.8, 4) is 0 Å². The molecule has 0 saturated carbocycles. The van der Waals surface area contributed by atoms with Gasteiger partial charge in [-0.25, -0.2) is 0 Å². The lowest BCUT2D eigenvalue weighted by molar-refractivity contribution is -0.124. The Morgan fingerprint density at radius 1 is 1.26 bits per heavy atom. The second-order valence-corrected chi connectivity index (χ2v) is 6.19. The van der Waals surface area contributed by atoms with Gasteiger partial charge in [-0.05, 0) is 49.9 Å². The number of aryl methyl sites for hydroxylation is 2. The Labute approximate surface area is 138 Å². The molecule has 126 valence electrons. The van der Waals surface area contributed by atoms with Crippen LogP contribution < -0.4 is 15.5 Å². The van der Waals surface area contributed by atoms with Gasteiger partial charge in [-0.1, -0.05) is 20.3 Å². The highest BCUT2D eigenvalue weighted by atomic mass is 16.2. The van der Waals surface area contributed by atoms with Gasteiger partial charge in [-0.3, -0.25) is 14.5 Å². The van der Waals surface area contributed by atoms with E-state index in [0.717, 1.165) is 29.8 Å². The zero-order valence-electron chi connectivity index (χ0n) is 14.5. The molecule has 1 heterocycles. The number of nitrogens with zero attached hydrogens (tertiary/aromatic N) is 1. The third-order valence-electron chi connectivity index (χ3n) is 4.36. The summed E-state index contributed by atoms with van der Waals surface area (Å²) in [6, 6.07) is 3.77. The van der Waals surface area contributed by atoms with Gasteiger partial charge in [-0.15, -0.1) is 0 Å². The van der Waals surface area contributed by atoms with Crippen LogP contribution >= 0.6 is 0 Å². The first-order chi connectivity index (χ1) is 11.0. The van der Waals surface area contributed by atoms with Crippen molar-refractivity contribution in [1.82, 2.24) is 5.32 Å². The molecule has 1 atom stereocenters. The first-order valence-electron chi connectivity index (χ1n) is 8.43. The van der Waals surface area contributed by atoms with E-state index in [-0.39, 0.29) is 24.4 Å². The first kappa shape index (κ1) is 17.3. The van der Waals surface area contributed by atoms with Gasteiger partial charge in [0.2, 0.25) is 11.8 Å². The van der Waals surface area contributed by atoms with E-state index >= 15 is 0 Å². The molecule has 0 aromatic heterocycles. The third-order valence-corrected chi connectivity index (χ3v) is 4.36. The lowest BCUT2D eigenvalue weighted by atomic mass is 10.0. The summed E-state index contributed by atoms with van der Waals surface area (Å²) in [6.07, 6.45) is 2.68. The molecule has 2 amide bonds. The minimum absolute atomic E-state index is 0.0334. The molecule has 0 bridgehead atoms. The number of fused-ring (bicyclic) bond motifs is 1. The fourth-order valence-electron chi connectivity index (χ4n) is 2.74. The van der Waals surface area contributed by atoms with Gasteiger partial charge in [0.25, 0.3) is 0 Å². The summed E-state index contributed by atoms with van der Waals surface area (Å²) in [5.41, 5.74) is 4.02. The maximum absolute atomic E-state index is 12.7. The zero-order valence-corrected chi connectivity index (χ0v) is 14.5. The molecule has 23 heavy (non-hydrogen) atoms. The normalized spacial score (nSPS) is 16.8. The minimum Gasteiger partial charge on any atom is -0.372 e. The Balaban J connectivity index is 2.24. The second kappa shape index (κ2) is 7.49. The molecular formula is C18H27N3O2. The van der Waals surface area contributed by atoms with E-state index in [1.165, 1.54) is 5.56 Å². The standard InChI is InChI=1S/C18H27N3O2/c1-5-7-8-19-17(22)11-21-16-10-13(4)12(3)9-15(16)20-14(6-2)18(21)23/h9-10,14,20H,5-8,11H2,1-4H3,(H,19,22). The summed E-state index contributed by atoms with van der Waals surface area (Å²) in [6.45, 7) is 8.87. The number of nitrogens with one attached hydrogen (secondary N) is 2. The van der Waals surface area contributed by atoms with E-state index in [2.05, 4.69) is 30.5 Å². The number of anilines is 2. The molecule has 1 aliphatic rings. The summed E-state index contributed by atoms with van der Waals surface area (Å²) in [4.78, 5) is 26.4. The lowest BCUT2D eigenvalue weighted by Crippen LogP contribution is -2.50. The number of unbranched alkanes of at least 4 members (excludes halogenated alkanes) is 1. The highest BCUT2D eigenvalue weighted by Gasteiger charge is 2.32. The van der Waals surface area contributed by atoms with E-state index in [1.54, 1.807) is 4.90 Å². The van der Waals surface area contributed by atoms with E-state index < -0.39 is 0 Å². The largest absolute Gasteiger partial charge is 0.372 e. The average molecular weight is 317 g/mol. The van der Waals surface area contributed by atoms with E-state index in [0.29, 0.717) is 13.0 Å². The van der Waals surface area contributed by atoms with Gasteiger partial charge >= 0.3 is 0 Å². The number of amides is 2. The Morgan fingerprint density at radius 3 is 2.61 bits per heavy atom. The molecule has 0 radical (unpaired) electrons. The van der Waals surface area contributed by atoms with E-state index in [9.17, 15) is 9.59 Å². The molecule has 0 saturated heterocycles. The van der Waals surface area contributed by atoms with Crippen molar-refractivity contribution in [2.45, 2.75) is 53.0 Å². The summed E-state index contributed by atoms with van der Waals surface area (Å²) < 4.78 is 0. The Hall–Kier alpha value is -2.04. The minimum atomic E-state index is -0.270. The van der Waals surface area contributed by atoms with E-state index in [4.69, 9.17) is 0 Å². The predicted octanol–water partition coefficient (Wildman–Crippen LogP) is 2.76. The van der Waals surface area contributed by atoms with Gasteiger partial charge in [0.1, 0.15) is 12.6 Å².